The molecule has 1 rings (SSSR count). The van der Waals surface area contributed by atoms with Crippen molar-refractivity contribution >= 4 is 11.8 Å². The Morgan fingerprint density at radius 2 is 2.06 bits per heavy atom. The number of halogens is 3. The van der Waals surface area contributed by atoms with Crippen LogP contribution in [0.1, 0.15) is 32.6 Å². The van der Waals surface area contributed by atoms with Crippen LogP contribution in [-0.2, 0) is 14.3 Å². The van der Waals surface area contributed by atoms with E-state index in [0.29, 0.717) is 19.3 Å². The van der Waals surface area contributed by atoms with E-state index < -0.39 is 24.2 Å². The molecule has 0 heterocycles. The third kappa shape index (κ3) is 3.21. The molecule has 0 aliphatic heterocycles. The number of carbonyl (C=O) groups excluding carboxylic acids is 2. The highest BCUT2D eigenvalue weighted by Crippen LogP contribution is 2.28. The largest absolute Gasteiger partial charge is 0.454 e. The monoisotopic (exact) mass is 238 g/mol. The second-order valence-electron chi connectivity index (χ2n) is 3.90. The van der Waals surface area contributed by atoms with Gasteiger partial charge in [0.25, 0.3) is 0 Å². The molecule has 0 N–H and O–H groups in total. The summed E-state index contributed by atoms with van der Waals surface area (Å²) in [4.78, 5) is 22.4. The second kappa shape index (κ2) is 4.84. The summed E-state index contributed by atoms with van der Waals surface area (Å²) in [7, 11) is 0. The summed E-state index contributed by atoms with van der Waals surface area (Å²) >= 11 is 0. The number of hydrogen-bond acceptors (Lipinski definition) is 3. The van der Waals surface area contributed by atoms with Crippen LogP contribution in [0.5, 0.6) is 0 Å². The fourth-order valence-electron chi connectivity index (χ4n) is 1.45. The van der Waals surface area contributed by atoms with E-state index in [-0.39, 0.29) is 12.2 Å². The predicted molar refractivity (Wildman–Crippen MR) is 48.6 cm³/mol. The van der Waals surface area contributed by atoms with Gasteiger partial charge < -0.3 is 4.74 Å². The van der Waals surface area contributed by atoms with Crippen molar-refractivity contribution in [2.24, 2.45) is 5.92 Å². The SMILES string of the molecule is CC(C(=O)OC1CCCCC1=O)C(F)(F)F. The van der Waals surface area contributed by atoms with Crippen molar-refractivity contribution in [3.63, 3.8) is 0 Å². The van der Waals surface area contributed by atoms with Gasteiger partial charge in [0.05, 0.1) is 0 Å². The lowest BCUT2D eigenvalue weighted by molar-refractivity contribution is -0.198. The average Bonchev–Trinajstić information content (AvgIpc) is 2.19. The van der Waals surface area contributed by atoms with Gasteiger partial charge in [0.1, 0.15) is 5.92 Å². The number of esters is 1. The van der Waals surface area contributed by atoms with Gasteiger partial charge in [-0.25, -0.2) is 0 Å². The minimum absolute atomic E-state index is 0.276. The summed E-state index contributed by atoms with van der Waals surface area (Å²) in [6.45, 7) is 0.732. The van der Waals surface area contributed by atoms with Crippen molar-refractivity contribution in [3.8, 4) is 0 Å². The molecule has 0 bridgehead atoms. The van der Waals surface area contributed by atoms with E-state index in [4.69, 9.17) is 0 Å². The van der Waals surface area contributed by atoms with Gasteiger partial charge in [-0.1, -0.05) is 0 Å². The highest BCUT2D eigenvalue weighted by Gasteiger charge is 2.43. The zero-order valence-corrected chi connectivity index (χ0v) is 8.84. The van der Waals surface area contributed by atoms with E-state index >= 15 is 0 Å². The maximum Gasteiger partial charge on any atom is 0.401 e. The van der Waals surface area contributed by atoms with Crippen LogP contribution in [0, 0.1) is 5.92 Å². The van der Waals surface area contributed by atoms with Crippen LogP contribution in [0.4, 0.5) is 13.2 Å². The van der Waals surface area contributed by atoms with Crippen molar-refractivity contribution < 1.29 is 27.5 Å². The lowest BCUT2D eigenvalue weighted by Gasteiger charge is -2.23. The number of carbonyl (C=O) groups is 2. The molecule has 0 amide bonds. The molecule has 3 nitrogen and oxygen atoms in total. The van der Waals surface area contributed by atoms with E-state index in [1.54, 1.807) is 0 Å². The Morgan fingerprint density at radius 1 is 1.44 bits per heavy atom. The molecule has 1 fully saturated rings. The first kappa shape index (κ1) is 13.0. The molecule has 0 saturated heterocycles. The molecule has 2 unspecified atom stereocenters. The average molecular weight is 238 g/mol. The zero-order valence-electron chi connectivity index (χ0n) is 8.84. The first-order valence-corrected chi connectivity index (χ1v) is 5.12. The minimum atomic E-state index is -4.62. The molecule has 1 saturated carbocycles. The minimum Gasteiger partial charge on any atom is -0.454 e. The van der Waals surface area contributed by atoms with Gasteiger partial charge in [0.15, 0.2) is 11.9 Å². The van der Waals surface area contributed by atoms with Crippen LogP contribution in [-0.4, -0.2) is 24.0 Å². The first-order valence-electron chi connectivity index (χ1n) is 5.12. The molecule has 0 aromatic rings. The number of ketones is 1. The Morgan fingerprint density at radius 3 is 2.56 bits per heavy atom. The highest BCUT2D eigenvalue weighted by atomic mass is 19.4. The van der Waals surface area contributed by atoms with Crippen LogP contribution in [0.3, 0.4) is 0 Å². The van der Waals surface area contributed by atoms with Crippen molar-refractivity contribution in [2.45, 2.75) is 44.9 Å². The van der Waals surface area contributed by atoms with Crippen LogP contribution >= 0.6 is 0 Å². The van der Waals surface area contributed by atoms with Crippen molar-refractivity contribution in [1.82, 2.24) is 0 Å². The maximum atomic E-state index is 12.2. The number of ether oxygens (including phenoxy) is 1. The molecule has 92 valence electrons. The molecule has 1 aliphatic rings. The molecule has 0 spiro atoms. The number of Topliss-reactive ketones (excluding diaryl/α,β-unsaturated/α-hetero) is 1. The molecular weight excluding hydrogens is 225 g/mol. The van der Waals surface area contributed by atoms with Gasteiger partial charge in [0, 0.05) is 6.42 Å². The van der Waals surface area contributed by atoms with Crippen molar-refractivity contribution in [1.29, 1.82) is 0 Å². The Labute approximate surface area is 91.0 Å². The van der Waals surface area contributed by atoms with Gasteiger partial charge in [-0.15, -0.1) is 0 Å². The van der Waals surface area contributed by atoms with Crippen LogP contribution in [0.2, 0.25) is 0 Å². The number of rotatable bonds is 2. The van der Waals surface area contributed by atoms with Crippen LogP contribution in [0.25, 0.3) is 0 Å². The Balaban J connectivity index is 2.53. The zero-order chi connectivity index (χ0) is 12.3. The van der Waals surface area contributed by atoms with Crippen LogP contribution < -0.4 is 0 Å². The molecule has 6 heteroatoms. The van der Waals surface area contributed by atoms with Gasteiger partial charge >= 0.3 is 12.1 Å². The predicted octanol–water partition coefficient (Wildman–Crippen LogP) is 2.24. The Kier molecular flexibility index (Phi) is 3.93. The number of hydrogen-bond donors (Lipinski definition) is 0. The van der Waals surface area contributed by atoms with E-state index in [1.807, 2.05) is 0 Å². The van der Waals surface area contributed by atoms with Crippen molar-refractivity contribution in [2.75, 3.05) is 0 Å². The Bertz CT molecular complexity index is 286. The Hall–Kier alpha value is -1.07. The second-order valence-corrected chi connectivity index (χ2v) is 3.90. The van der Waals surface area contributed by atoms with Crippen molar-refractivity contribution in [3.05, 3.63) is 0 Å². The quantitative estimate of drug-likeness (QED) is 0.693. The fraction of sp³-hybridized carbons (Fsp3) is 0.800. The topological polar surface area (TPSA) is 43.4 Å². The van der Waals surface area contributed by atoms with Gasteiger partial charge in [0.2, 0.25) is 0 Å². The molecule has 0 radical (unpaired) electrons. The molecular formula is C10H13F3O3. The fourth-order valence-corrected chi connectivity index (χ4v) is 1.45. The highest BCUT2D eigenvalue weighted by molar-refractivity contribution is 5.86. The maximum absolute atomic E-state index is 12.2. The van der Waals surface area contributed by atoms with Gasteiger partial charge in [-0.05, 0) is 26.2 Å². The van der Waals surface area contributed by atoms with Crippen LogP contribution in [0.15, 0.2) is 0 Å². The molecule has 1 aliphatic carbocycles. The normalized spacial score (nSPS) is 24.0. The summed E-state index contributed by atoms with van der Waals surface area (Å²) in [6, 6.07) is 0. The van der Waals surface area contributed by atoms with Gasteiger partial charge in [-0.2, -0.15) is 13.2 Å². The summed E-state index contributed by atoms with van der Waals surface area (Å²) in [5, 5.41) is 0. The molecule has 0 aromatic heterocycles. The third-order valence-corrected chi connectivity index (χ3v) is 2.60. The van der Waals surface area contributed by atoms with E-state index in [2.05, 4.69) is 4.74 Å². The first-order chi connectivity index (χ1) is 7.32. The lowest BCUT2D eigenvalue weighted by Crippen LogP contribution is -2.36. The van der Waals surface area contributed by atoms with E-state index in [1.165, 1.54) is 0 Å². The van der Waals surface area contributed by atoms with Gasteiger partial charge in [-0.3, -0.25) is 9.59 Å². The molecule has 16 heavy (non-hydrogen) atoms. The molecule has 2 atom stereocenters. The summed E-state index contributed by atoms with van der Waals surface area (Å²) < 4.78 is 41.1. The number of alkyl halides is 3. The van der Waals surface area contributed by atoms with E-state index in [0.717, 1.165) is 6.92 Å². The lowest BCUT2D eigenvalue weighted by atomic mass is 9.96. The molecule has 0 aromatic carbocycles. The summed E-state index contributed by atoms with van der Waals surface area (Å²) in [5.74, 6) is -3.83. The smallest absolute Gasteiger partial charge is 0.401 e. The standard InChI is InChI=1S/C10H13F3O3/c1-6(10(11,12)13)9(15)16-8-5-3-2-4-7(8)14/h6,8H,2-5H2,1H3. The summed E-state index contributed by atoms with van der Waals surface area (Å²) in [6.07, 6.45) is -3.58. The third-order valence-electron chi connectivity index (χ3n) is 2.60. The van der Waals surface area contributed by atoms with E-state index in [9.17, 15) is 22.8 Å². The summed E-state index contributed by atoms with van der Waals surface area (Å²) in [5.41, 5.74) is 0.